The van der Waals surface area contributed by atoms with Crippen LogP contribution in [0.25, 0.3) is 11.8 Å². The largest absolute Gasteiger partial charge is 0.307 e. The highest BCUT2D eigenvalue weighted by molar-refractivity contribution is 7.90. The van der Waals surface area contributed by atoms with E-state index in [4.69, 9.17) is 0 Å². The highest BCUT2D eigenvalue weighted by atomic mass is 32.2. The molecule has 1 aliphatic rings. The number of amides is 1. The topological polar surface area (TPSA) is 81.1 Å². The van der Waals surface area contributed by atoms with Crippen LogP contribution in [-0.2, 0) is 26.1 Å². The predicted octanol–water partition coefficient (Wildman–Crippen LogP) is 3.57. The zero-order valence-electron chi connectivity index (χ0n) is 16.2. The number of nitrogens with zero attached hydrogens (tertiary/aromatic N) is 2. The van der Waals surface area contributed by atoms with E-state index < -0.39 is 9.84 Å². The van der Waals surface area contributed by atoms with E-state index in [9.17, 15) is 13.2 Å². The lowest BCUT2D eigenvalue weighted by atomic mass is 10.1. The lowest BCUT2D eigenvalue weighted by Crippen LogP contribution is -2.15. The van der Waals surface area contributed by atoms with Crippen molar-refractivity contribution in [3.63, 3.8) is 0 Å². The van der Waals surface area contributed by atoms with Crippen LogP contribution in [0.4, 0.5) is 5.82 Å². The second kappa shape index (κ2) is 7.33. The summed E-state index contributed by atoms with van der Waals surface area (Å²) in [5, 5.41) is 7.37. The summed E-state index contributed by atoms with van der Waals surface area (Å²) in [4.78, 5) is 12.6. The lowest BCUT2D eigenvalue weighted by molar-refractivity contribution is -0.111. The van der Waals surface area contributed by atoms with Gasteiger partial charge >= 0.3 is 0 Å². The molecule has 3 aromatic rings. The fraction of sp³-hybridized carbons (Fsp3) is 0.182. The Morgan fingerprint density at radius 1 is 1.10 bits per heavy atom. The Balaban J connectivity index is 1.71. The van der Waals surface area contributed by atoms with E-state index in [2.05, 4.69) is 10.4 Å². The molecule has 0 bridgehead atoms. The maximum absolute atomic E-state index is 12.6. The molecular weight excluding hydrogens is 386 g/mol. The Hall–Kier alpha value is -3.19. The SMILES string of the molecule is Cc1ccc(-n2nc3c(c2NC(=O)C=Cc2ccccc2)CS(=O)(=O)C3)c(C)c1. The first-order valence-electron chi connectivity index (χ1n) is 9.25. The molecule has 6 nitrogen and oxygen atoms in total. The van der Waals surface area contributed by atoms with Crippen LogP contribution < -0.4 is 5.32 Å². The molecule has 0 spiro atoms. The normalized spacial score (nSPS) is 14.8. The summed E-state index contributed by atoms with van der Waals surface area (Å²) in [7, 11) is -3.24. The van der Waals surface area contributed by atoms with Gasteiger partial charge in [-0.05, 0) is 37.1 Å². The molecule has 1 aliphatic heterocycles. The van der Waals surface area contributed by atoms with Gasteiger partial charge in [0, 0.05) is 11.6 Å². The molecule has 0 saturated carbocycles. The van der Waals surface area contributed by atoms with Gasteiger partial charge in [-0.3, -0.25) is 4.79 Å². The molecule has 4 rings (SSSR count). The molecule has 1 amide bonds. The second-order valence-corrected chi connectivity index (χ2v) is 9.31. The van der Waals surface area contributed by atoms with Crippen LogP contribution in [0.5, 0.6) is 0 Å². The summed E-state index contributed by atoms with van der Waals surface area (Å²) in [5.74, 6) is -0.156. The van der Waals surface area contributed by atoms with E-state index in [1.165, 1.54) is 6.08 Å². The number of rotatable bonds is 4. The van der Waals surface area contributed by atoms with E-state index in [-0.39, 0.29) is 17.4 Å². The van der Waals surface area contributed by atoms with Crippen molar-refractivity contribution >= 4 is 27.6 Å². The Bertz CT molecular complexity index is 1230. The average Bonchev–Trinajstić information content (AvgIpc) is 3.13. The number of sulfone groups is 1. The van der Waals surface area contributed by atoms with Crippen LogP contribution in [0.15, 0.2) is 54.6 Å². The zero-order chi connectivity index (χ0) is 20.6. The number of aromatic nitrogens is 2. The molecule has 0 aliphatic carbocycles. The highest BCUT2D eigenvalue weighted by Gasteiger charge is 2.33. The number of nitrogens with one attached hydrogen (secondary N) is 1. The first-order valence-corrected chi connectivity index (χ1v) is 11.1. The van der Waals surface area contributed by atoms with Crippen LogP contribution in [0.3, 0.4) is 0 Å². The molecule has 0 atom stereocenters. The lowest BCUT2D eigenvalue weighted by Gasteiger charge is -2.12. The van der Waals surface area contributed by atoms with Crippen molar-refractivity contribution in [3.8, 4) is 5.69 Å². The number of aryl methyl sites for hydroxylation is 2. The third-order valence-corrected chi connectivity index (χ3v) is 6.28. The van der Waals surface area contributed by atoms with Crippen molar-refractivity contribution in [2.75, 3.05) is 5.32 Å². The Labute approximate surface area is 169 Å². The van der Waals surface area contributed by atoms with Crippen LogP contribution in [0.1, 0.15) is 27.9 Å². The minimum Gasteiger partial charge on any atom is -0.307 e. The van der Waals surface area contributed by atoms with Gasteiger partial charge in [0.2, 0.25) is 5.91 Å². The van der Waals surface area contributed by atoms with E-state index >= 15 is 0 Å². The minimum atomic E-state index is -3.24. The van der Waals surface area contributed by atoms with Crippen LogP contribution >= 0.6 is 0 Å². The smallest absolute Gasteiger partial charge is 0.249 e. The fourth-order valence-electron chi connectivity index (χ4n) is 3.48. The predicted molar refractivity (Wildman–Crippen MR) is 113 cm³/mol. The van der Waals surface area contributed by atoms with Gasteiger partial charge in [0.25, 0.3) is 0 Å². The van der Waals surface area contributed by atoms with Gasteiger partial charge in [0.05, 0.1) is 22.9 Å². The monoisotopic (exact) mass is 407 g/mol. The number of hydrogen-bond acceptors (Lipinski definition) is 4. The summed E-state index contributed by atoms with van der Waals surface area (Å²) in [5.41, 5.74) is 4.87. The highest BCUT2D eigenvalue weighted by Crippen LogP contribution is 2.33. The van der Waals surface area contributed by atoms with Crippen molar-refractivity contribution in [1.29, 1.82) is 0 Å². The van der Waals surface area contributed by atoms with Crippen LogP contribution in [0, 0.1) is 13.8 Å². The van der Waals surface area contributed by atoms with Gasteiger partial charge in [0.1, 0.15) is 5.82 Å². The first-order chi connectivity index (χ1) is 13.8. The van der Waals surface area contributed by atoms with E-state index in [1.807, 2.05) is 62.4 Å². The number of hydrogen-bond donors (Lipinski definition) is 1. The minimum absolute atomic E-state index is 0.108. The van der Waals surface area contributed by atoms with E-state index in [0.29, 0.717) is 17.1 Å². The van der Waals surface area contributed by atoms with Crippen molar-refractivity contribution in [1.82, 2.24) is 9.78 Å². The third-order valence-electron chi connectivity index (χ3n) is 4.84. The molecule has 29 heavy (non-hydrogen) atoms. The van der Waals surface area contributed by atoms with Gasteiger partial charge in [-0.2, -0.15) is 5.10 Å². The quantitative estimate of drug-likeness (QED) is 0.671. The number of benzene rings is 2. The van der Waals surface area contributed by atoms with E-state index in [0.717, 1.165) is 22.4 Å². The van der Waals surface area contributed by atoms with Gasteiger partial charge in [-0.1, -0.05) is 48.0 Å². The van der Waals surface area contributed by atoms with Crippen LogP contribution in [0.2, 0.25) is 0 Å². The van der Waals surface area contributed by atoms with E-state index in [1.54, 1.807) is 10.8 Å². The standard InChI is InChI=1S/C22H21N3O3S/c1-15-8-10-20(16(2)12-15)25-22(18-13-29(27,28)14-19(18)24-25)23-21(26)11-9-17-6-4-3-5-7-17/h3-12H,13-14H2,1-2H3,(H,23,26). The van der Waals surface area contributed by atoms with Gasteiger partial charge in [-0.25, -0.2) is 13.1 Å². The molecule has 0 unspecified atom stereocenters. The maximum Gasteiger partial charge on any atom is 0.249 e. The summed E-state index contributed by atoms with van der Waals surface area (Å²) < 4.78 is 25.8. The van der Waals surface area contributed by atoms with Gasteiger partial charge in [0.15, 0.2) is 9.84 Å². The Morgan fingerprint density at radius 2 is 1.86 bits per heavy atom. The summed E-state index contributed by atoms with van der Waals surface area (Å²) in [6, 6.07) is 15.4. The number of carbonyl (C=O) groups is 1. The fourth-order valence-corrected chi connectivity index (χ4v) is 4.98. The van der Waals surface area contributed by atoms with Gasteiger partial charge < -0.3 is 5.32 Å². The van der Waals surface area contributed by atoms with Gasteiger partial charge in [-0.15, -0.1) is 0 Å². The molecule has 2 aromatic carbocycles. The molecule has 7 heteroatoms. The molecule has 0 saturated heterocycles. The van der Waals surface area contributed by atoms with Crippen LogP contribution in [-0.4, -0.2) is 24.1 Å². The Kier molecular flexibility index (Phi) is 4.84. The number of fused-ring (bicyclic) bond motifs is 1. The second-order valence-electron chi connectivity index (χ2n) is 7.24. The van der Waals surface area contributed by atoms with Crippen molar-refractivity contribution in [2.24, 2.45) is 0 Å². The summed E-state index contributed by atoms with van der Waals surface area (Å²) >= 11 is 0. The van der Waals surface area contributed by atoms with Crippen molar-refractivity contribution < 1.29 is 13.2 Å². The third kappa shape index (κ3) is 4.00. The maximum atomic E-state index is 12.6. The number of anilines is 1. The first kappa shape index (κ1) is 19.1. The Morgan fingerprint density at radius 3 is 2.59 bits per heavy atom. The number of carbonyl (C=O) groups excluding carboxylic acids is 1. The van der Waals surface area contributed by atoms with Crippen molar-refractivity contribution in [2.45, 2.75) is 25.4 Å². The average molecular weight is 407 g/mol. The molecule has 2 heterocycles. The summed E-state index contributed by atoms with van der Waals surface area (Å²) in [6.45, 7) is 3.97. The molecule has 1 N–H and O–H groups in total. The molecular formula is C22H21N3O3S. The molecule has 1 aromatic heterocycles. The molecule has 0 radical (unpaired) electrons. The molecule has 0 fully saturated rings. The zero-order valence-corrected chi connectivity index (χ0v) is 17.0. The van der Waals surface area contributed by atoms with Crippen molar-refractivity contribution in [3.05, 3.63) is 82.6 Å². The summed E-state index contributed by atoms with van der Waals surface area (Å²) in [6.07, 6.45) is 3.15. The molecule has 148 valence electrons.